The normalized spacial score (nSPS) is 14.8. The van der Waals surface area contributed by atoms with Crippen LogP contribution >= 0.6 is 11.6 Å². The van der Waals surface area contributed by atoms with E-state index >= 15 is 0 Å². The summed E-state index contributed by atoms with van der Waals surface area (Å²) in [5, 5.41) is 22.0. The van der Waals surface area contributed by atoms with E-state index in [0.29, 0.717) is 22.1 Å². The number of hydrogen-bond donors (Lipinski definition) is 2. The Morgan fingerprint density at radius 3 is 2.70 bits per heavy atom. The molecule has 1 heterocycles. The highest BCUT2D eigenvalue weighted by molar-refractivity contribution is 6.32. The number of halogens is 3. The lowest BCUT2D eigenvalue weighted by atomic mass is 9.92. The van der Waals surface area contributed by atoms with Crippen LogP contribution in [-0.2, 0) is 4.79 Å². The summed E-state index contributed by atoms with van der Waals surface area (Å²) in [7, 11) is 0. The topological polar surface area (TPSA) is 90.9 Å². The van der Waals surface area contributed by atoms with Crippen LogP contribution in [0.1, 0.15) is 37.3 Å². The number of hydrogen-bond acceptors (Lipinski definition) is 5. The number of anilines is 1. The van der Waals surface area contributed by atoms with Crippen LogP contribution in [0, 0.1) is 11.3 Å². The molecule has 6 nitrogen and oxygen atoms in total. The first-order chi connectivity index (χ1) is 12.9. The number of ketones is 1. The van der Waals surface area contributed by atoms with Crippen molar-refractivity contribution in [2.75, 3.05) is 25.2 Å². The van der Waals surface area contributed by atoms with Gasteiger partial charge >= 0.3 is 0 Å². The molecule has 0 radical (unpaired) electrons. The molecule has 2 aromatic rings. The van der Waals surface area contributed by atoms with Gasteiger partial charge in [0.05, 0.1) is 28.2 Å². The number of carbonyl (C=O) groups is 1. The van der Waals surface area contributed by atoms with Gasteiger partial charge in [0.2, 0.25) is 5.95 Å². The van der Waals surface area contributed by atoms with E-state index in [1.807, 2.05) is 10.6 Å². The van der Waals surface area contributed by atoms with Crippen LogP contribution < -0.4 is 5.32 Å². The number of nitriles is 1. The molecule has 1 aliphatic carbocycles. The first-order valence-corrected chi connectivity index (χ1v) is 9.00. The van der Waals surface area contributed by atoms with E-state index in [-0.39, 0.29) is 12.6 Å². The zero-order chi connectivity index (χ0) is 19.6. The van der Waals surface area contributed by atoms with Gasteiger partial charge < -0.3 is 15.0 Å². The number of benzene rings is 1. The van der Waals surface area contributed by atoms with Gasteiger partial charge in [0.25, 0.3) is 0 Å². The number of alkyl halides is 2. The van der Waals surface area contributed by atoms with Crippen molar-refractivity contribution >= 4 is 34.4 Å². The van der Waals surface area contributed by atoms with Crippen molar-refractivity contribution in [2.45, 2.75) is 37.3 Å². The van der Waals surface area contributed by atoms with E-state index in [1.165, 1.54) is 0 Å². The lowest BCUT2D eigenvalue weighted by Crippen LogP contribution is -2.38. The molecule has 1 fully saturated rings. The number of aliphatic hydroxyl groups is 1. The molecule has 0 spiro atoms. The van der Waals surface area contributed by atoms with Crippen molar-refractivity contribution < 1.29 is 18.7 Å². The predicted octanol–water partition coefficient (Wildman–Crippen LogP) is 3.33. The molecule has 1 aromatic carbocycles. The van der Waals surface area contributed by atoms with Crippen LogP contribution in [0.2, 0.25) is 5.02 Å². The monoisotopic (exact) mass is 396 g/mol. The lowest BCUT2D eigenvalue weighted by Gasteiger charge is -2.29. The smallest absolute Gasteiger partial charge is 0.204 e. The average Bonchev–Trinajstić information content (AvgIpc) is 2.94. The maximum Gasteiger partial charge on any atom is 0.204 e. The largest absolute Gasteiger partial charge is 0.384 e. The van der Waals surface area contributed by atoms with Gasteiger partial charge in [-0.15, -0.1) is 0 Å². The third-order valence-electron chi connectivity index (χ3n) is 4.81. The molecule has 0 saturated heterocycles. The highest BCUT2D eigenvalue weighted by Gasteiger charge is 2.31. The van der Waals surface area contributed by atoms with Gasteiger partial charge in [0, 0.05) is 12.5 Å². The molecule has 1 aromatic heterocycles. The first-order valence-electron chi connectivity index (χ1n) is 8.62. The minimum atomic E-state index is -2.28. The third kappa shape index (κ3) is 3.89. The van der Waals surface area contributed by atoms with Crippen LogP contribution in [0.4, 0.5) is 14.7 Å². The van der Waals surface area contributed by atoms with E-state index in [2.05, 4.69) is 10.3 Å². The van der Waals surface area contributed by atoms with Crippen LogP contribution in [-0.4, -0.2) is 45.9 Å². The van der Waals surface area contributed by atoms with Crippen LogP contribution in [0.25, 0.3) is 11.0 Å². The second-order valence-corrected chi connectivity index (χ2v) is 7.29. The van der Waals surface area contributed by atoms with Crippen LogP contribution in [0.5, 0.6) is 0 Å². The fourth-order valence-corrected chi connectivity index (χ4v) is 3.28. The van der Waals surface area contributed by atoms with Crippen LogP contribution in [0.15, 0.2) is 12.1 Å². The van der Waals surface area contributed by atoms with Gasteiger partial charge in [-0.1, -0.05) is 11.6 Å². The molecule has 0 bridgehead atoms. The standard InChI is InChI=1S/C18H19ClF2N4O2/c19-14-5-15-16(4-11(14)7-22)25(12-2-1-3-12)17(24-15)23-8-13(26)6-18(27,9-20)10-21/h4-5,12,27H,1-3,6,8-10H2,(H,23,24). The molecule has 0 amide bonds. The van der Waals surface area contributed by atoms with Gasteiger partial charge in [0.15, 0.2) is 5.78 Å². The number of carbonyl (C=O) groups excluding carboxylic acids is 1. The Kier molecular flexibility index (Phi) is 5.63. The Balaban J connectivity index is 1.85. The first kappa shape index (κ1) is 19.5. The van der Waals surface area contributed by atoms with Crippen molar-refractivity contribution in [1.82, 2.24) is 9.55 Å². The van der Waals surface area contributed by atoms with Crippen molar-refractivity contribution in [3.05, 3.63) is 22.7 Å². The maximum atomic E-state index is 12.7. The molecule has 9 heteroatoms. The summed E-state index contributed by atoms with van der Waals surface area (Å²) in [6, 6.07) is 5.50. The molecule has 3 rings (SSSR count). The highest BCUT2D eigenvalue weighted by atomic mass is 35.5. The van der Waals surface area contributed by atoms with Gasteiger partial charge in [-0.3, -0.25) is 4.79 Å². The fraction of sp³-hybridized carbons (Fsp3) is 0.500. The quantitative estimate of drug-likeness (QED) is 0.714. The Morgan fingerprint density at radius 2 is 2.15 bits per heavy atom. The molecule has 1 aliphatic rings. The highest BCUT2D eigenvalue weighted by Crippen LogP contribution is 2.38. The number of fused-ring (bicyclic) bond motifs is 1. The Bertz CT molecular complexity index is 901. The van der Waals surface area contributed by atoms with E-state index in [9.17, 15) is 23.9 Å². The minimum Gasteiger partial charge on any atom is -0.384 e. The van der Waals surface area contributed by atoms with Crippen molar-refractivity contribution in [3.8, 4) is 6.07 Å². The van der Waals surface area contributed by atoms with Gasteiger partial charge in [-0.25, -0.2) is 13.8 Å². The zero-order valence-corrected chi connectivity index (χ0v) is 15.3. The molecule has 27 heavy (non-hydrogen) atoms. The molecule has 1 saturated carbocycles. The number of aromatic nitrogens is 2. The van der Waals surface area contributed by atoms with Crippen molar-refractivity contribution in [1.29, 1.82) is 5.26 Å². The van der Waals surface area contributed by atoms with E-state index < -0.39 is 31.2 Å². The average molecular weight is 397 g/mol. The van der Waals surface area contributed by atoms with E-state index in [1.54, 1.807) is 12.1 Å². The lowest BCUT2D eigenvalue weighted by molar-refractivity contribution is -0.124. The van der Waals surface area contributed by atoms with Crippen molar-refractivity contribution in [2.24, 2.45) is 0 Å². The maximum absolute atomic E-state index is 12.7. The van der Waals surface area contributed by atoms with Gasteiger partial charge in [-0.2, -0.15) is 5.26 Å². The Morgan fingerprint density at radius 1 is 1.44 bits per heavy atom. The number of rotatable bonds is 8. The number of Topliss-reactive ketones (excluding diaryl/α,β-unsaturated/α-hetero) is 1. The number of nitrogens with zero attached hydrogens (tertiary/aromatic N) is 3. The predicted molar refractivity (Wildman–Crippen MR) is 97.4 cm³/mol. The van der Waals surface area contributed by atoms with Crippen LogP contribution in [0.3, 0.4) is 0 Å². The summed E-state index contributed by atoms with van der Waals surface area (Å²) in [5.74, 6) is -0.103. The summed E-state index contributed by atoms with van der Waals surface area (Å²) in [6.45, 7) is -2.88. The van der Waals surface area contributed by atoms with Gasteiger partial charge in [-0.05, 0) is 31.4 Å². The Labute approximate surface area is 159 Å². The van der Waals surface area contributed by atoms with E-state index in [0.717, 1.165) is 24.8 Å². The third-order valence-corrected chi connectivity index (χ3v) is 5.12. The summed E-state index contributed by atoms with van der Waals surface area (Å²) in [5.41, 5.74) is -0.616. The molecular weight excluding hydrogens is 378 g/mol. The molecule has 144 valence electrons. The molecular formula is C18H19ClF2N4O2. The summed E-state index contributed by atoms with van der Waals surface area (Å²) >= 11 is 6.08. The molecule has 2 N–H and O–H groups in total. The van der Waals surface area contributed by atoms with Crippen molar-refractivity contribution in [3.63, 3.8) is 0 Å². The summed E-state index contributed by atoms with van der Waals surface area (Å²) < 4.78 is 27.4. The second-order valence-electron chi connectivity index (χ2n) is 6.88. The summed E-state index contributed by atoms with van der Waals surface area (Å²) in [6.07, 6.45) is 2.34. The van der Waals surface area contributed by atoms with E-state index in [4.69, 9.17) is 11.6 Å². The molecule has 0 unspecified atom stereocenters. The number of nitrogens with one attached hydrogen (secondary N) is 1. The van der Waals surface area contributed by atoms with Gasteiger partial charge in [0.1, 0.15) is 25.0 Å². The molecule has 0 atom stereocenters. The number of imidazole rings is 1. The molecule has 0 aliphatic heterocycles. The zero-order valence-electron chi connectivity index (χ0n) is 14.5. The minimum absolute atomic E-state index is 0.189. The summed E-state index contributed by atoms with van der Waals surface area (Å²) in [4.78, 5) is 16.5. The second kappa shape index (κ2) is 7.79. The SMILES string of the molecule is N#Cc1cc2c(cc1Cl)nc(NCC(=O)CC(O)(CF)CF)n2C1CCC1. The Hall–Kier alpha value is -2.24. The fourth-order valence-electron chi connectivity index (χ4n) is 3.08.